The smallest absolute Gasteiger partial charge is 0.131 e. The van der Waals surface area contributed by atoms with Gasteiger partial charge in [-0.1, -0.05) is 12.1 Å². The van der Waals surface area contributed by atoms with Gasteiger partial charge in [-0.25, -0.2) is 8.78 Å². The van der Waals surface area contributed by atoms with E-state index in [1.54, 1.807) is 0 Å². The summed E-state index contributed by atoms with van der Waals surface area (Å²) in [7, 11) is 0. The number of rotatable bonds is 2. The van der Waals surface area contributed by atoms with Crippen LogP contribution in [0.4, 0.5) is 8.78 Å². The van der Waals surface area contributed by atoms with Crippen LogP contribution in [-0.2, 0) is 0 Å². The highest BCUT2D eigenvalue weighted by molar-refractivity contribution is 5.85. The molecule has 0 saturated carbocycles. The van der Waals surface area contributed by atoms with Crippen molar-refractivity contribution >= 4 is 12.4 Å². The molecule has 72 valence electrons. The molecule has 1 rings (SSSR count). The highest BCUT2D eigenvalue weighted by Crippen LogP contribution is 2.16. The average Bonchev–Trinajstić information content (AvgIpc) is 2.03. The van der Waals surface area contributed by atoms with Gasteiger partial charge in [0.05, 0.1) is 6.04 Å². The normalized spacial score (nSPS) is 11.6. The van der Waals surface area contributed by atoms with Crippen LogP contribution < -0.4 is 5.73 Å². The SMILES string of the molecule is C=C[C@H](N)c1ccc(F)cc1F.Cl. The molecule has 0 aliphatic carbocycles. The molecule has 0 saturated heterocycles. The first-order valence-corrected chi connectivity index (χ1v) is 3.48. The van der Waals surface area contributed by atoms with Gasteiger partial charge in [-0.2, -0.15) is 0 Å². The number of benzene rings is 1. The van der Waals surface area contributed by atoms with Crippen molar-refractivity contribution in [3.63, 3.8) is 0 Å². The Kier molecular flexibility index (Phi) is 4.59. The molecule has 0 fully saturated rings. The van der Waals surface area contributed by atoms with Gasteiger partial charge in [-0.15, -0.1) is 19.0 Å². The van der Waals surface area contributed by atoms with Crippen molar-refractivity contribution in [3.8, 4) is 0 Å². The molecule has 0 aliphatic heterocycles. The van der Waals surface area contributed by atoms with Crippen LogP contribution in [0.1, 0.15) is 11.6 Å². The van der Waals surface area contributed by atoms with E-state index in [1.165, 1.54) is 18.2 Å². The second kappa shape index (κ2) is 4.94. The van der Waals surface area contributed by atoms with Gasteiger partial charge in [0, 0.05) is 11.6 Å². The fourth-order valence-corrected chi connectivity index (χ4v) is 0.899. The van der Waals surface area contributed by atoms with E-state index in [2.05, 4.69) is 6.58 Å². The highest BCUT2D eigenvalue weighted by atomic mass is 35.5. The van der Waals surface area contributed by atoms with E-state index >= 15 is 0 Å². The zero-order chi connectivity index (χ0) is 9.14. The van der Waals surface area contributed by atoms with Crippen LogP contribution in [-0.4, -0.2) is 0 Å². The topological polar surface area (TPSA) is 26.0 Å². The number of hydrogen-bond donors (Lipinski definition) is 1. The van der Waals surface area contributed by atoms with E-state index in [0.29, 0.717) is 0 Å². The first-order chi connectivity index (χ1) is 5.65. The van der Waals surface area contributed by atoms with Crippen LogP contribution in [0.25, 0.3) is 0 Å². The van der Waals surface area contributed by atoms with Crippen molar-refractivity contribution in [2.75, 3.05) is 0 Å². The van der Waals surface area contributed by atoms with E-state index in [1.807, 2.05) is 0 Å². The summed E-state index contributed by atoms with van der Waals surface area (Å²) in [4.78, 5) is 0. The molecular formula is C9H10ClF2N. The van der Waals surface area contributed by atoms with Crippen LogP contribution in [0.5, 0.6) is 0 Å². The number of hydrogen-bond acceptors (Lipinski definition) is 1. The maximum Gasteiger partial charge on any atom is 0.131 e. The summed E-state index contributed by atoms with van der Waals surface area (Å²) < 4.78 is 25.3. The zero-order valence-corrected chi connectivity index (χ0v) is 7.65. The van der Waals surface area contributed by atoms with Crippen LogP contribution in [0.15, 0.2) is 30.9 Å². The van der Waals surface area contributed by atoms with Crippen molar-refractivity contribution < 1.29 is 8.78 Å². The lowest BCUT2D eigenvalue weighted by molar-refractivity contribution is 0.567. The zero-order valence-electron chi connectivity index (χ0n) is 6.84. The average molecular weight is 206 g/mol. The predicted molar refractivity (Wildman–Crippen MR) is 50.7 cm³/mol. The quantitative estimate of drug-likeness (QED) is 0.738. The summed E-state index contributed by atoms with van der Waals surface area (Å²) in [5.41, 5.74) is 5.72. The largest absolute Gasteiger partial charge is 0.321 e. The lowest BCUT2D eigenvalue weighted by Crippen LogP contribution is -2.08. The van der Waals surface area contributed by atoms with Crippen molar-refractivity contribution in [3.05, 3.63) is 48.1 Å². The summed E-state index contributed by atoms with van der Waals surface area (Å²) in [5.74, 6) is -1.24. The molecule has 1 aromatic carbocycles. The summed E-state index contributed by atoms with van der Waals surface area (Å²) in [6.45, 7) is 3.42. The van der Waals surface area contributed by atoms with Crippen LogP contribution in [0.2, 0.25) is 0 Å². The van der Waals surface area contributed by atoms with Crippen molar-refractivity contribution in [2.45, 2.75) is 6.04 Å². The van der Waals surface area contributed by atoms with Gasteiger partial charge in [0.25, 0.3) is 0 Å². The summed E-state index contributed by atoms with van der Waals surface area (Å²) in [6.07, 6.45) is 1.40. The standard InChI is InChI=1S/C9H9F2N.ClH/c1-2-9(12)7-4-3-6(10)5-8(7)11;/h2-5,9H,1,12H2;1H/t9-;/m0./s1. The molecule has 1 atom stereocenters. The second-order valence-electron chi connectivity index (χ2n) is 2.43. The summed E-state index contributed by atoms with van der Waals surface area (Å²) in [6, 6.07) is 2.71. The Balaban J connectivity index is 0.00000144. The molecule has 0 spiro atoms. The predicted octanol–water partition coefficient (Wildman–Crippen LogP) is 2.57. The van der Waals surface area contributed by atoms with Gasteiger partial charge < -0.3 is 5.73 Å². The Morgan fingerprint density at radius 3 is 2.46 bits per heavy atom. The lowest BCUT2D eigenvalue weighted by Gasteiger charge is -2.06. The van der Waals surface area contributed by atoms with E-state index in [4.69, 9.17) is 5.73 Å². The van der Waals surface area contributed by atoms with Crippen LogP contribution in [0.3, 0.4) is 0 Å². The molecular weight excluding hydrogens is 196 g/mol. The Morgan fingerprint density at radius 2 is 2.00 bits per heavy atom. The molecule has 1 aromatic rings. The molecule has 4 heteroatoms. The molecule has 1 nitrogen and oxygen atoms in total. The fraction of sp³-hybridized carbons (Fsp3) is 0.111. The van der Waals surface area contributed by atoms with Crippen molar-refractivity contribution in [2.24, 2.45) is 5.73 Å². The molecule has 2 N–H and O–H groups in total. The first-order valence-electron chi connectivity index (χ1n) is 3.48. The summed E-state index contributed by atoms with van der Waals surface area (Å²) >= 11 is 0. The van der Waals surface area contributed by atoms with Gasteiger partial charge in [-0.3, -0.25) is 0 Å². The van der Waals surface area contributed by atoms with E-state index in [-0.39, 0.29) is 18.0 Å². The monoisotopic (exact) mass is 205 g/mol. The van der Waals surface area contributed by atoms with E-state index in [9.17, 15) is 8.78 Å². The first kappa shape index (κ1) is 12.1. The highest BCUT2D eigenvalue weighted by Gasteiger charge is 2.07. The van der Waals surface area contributed by atoms with Gasteiger partial charge in [0.2, 0.25) is 0 Å². The number of halogens is 3. The third kappa shape index (κ3) is 2.79. The molecule has 13 heavy (non-hydrogen) atoms. The molecule has 0 aromatic heterocycles. The molecule has 0 unspecified atom stereocenters. The van der Waals surface area contributed by atoms with Gasteiger partial charge in [0.1, 0.15) is 11.6 Å². The second-order valence-corrected chi connectivity index (χ2v) is 2.43. The third-order valence-electron chi connectivity index (χ3n) is 1.58. The Morgan fingerprint density at radius 1 is 1.38 bits per heavy atom. The van der Waals surface area contributed by atoms with Gasteiger partial charge in [-0.05, 0) is 6.07 Å². The maximum absolute atomic E-state index is 12.9. The molecule has 0 amide bonds. The number of nitrogens with two attached hydrogens (primary N) is 1. The van der Waals surface area contributed by atoms with E-state index in [0.717, 1.165) is 6.07 Å². The minimum atomic E-state index is -0.637. The van der Waals surface area contributed by atoms with Crippen molar-refractivity contribution in [1.82, 2.24) is 0 Å². The molecule has 0 aliphatic rings. The van der Waals surface area contributed by atoms with E-state index < -0.39 is 17.7 Å². The minimum Gasteiger partial charge on any atom is -0.321 e. The molecule has 0 bridgehead atoms. The molecule has 0 heterocycles. The van der Waals surface area contributed by atoms with Crippen LogP contribution in [0, 0.1) is 11.6 Å². The van der Waals surface area contributed by atoms with Crippen molar-refractivity contribution in [1.29, 1.82) is 0 Å². The van der Waals surface area contributed by atoms with Gasteiger partial charge in [0.15, 0.2) is 0 Å². The van der Waals surface area contributed by atoms with Gasteiger partial charge >= 0.3 is 0 Å². The Hall–Kier alpha value is -0.930. The Labute approximate surface area is 81.7 Å². The minimum absolute atomic E-state index is 0. The van der Waals surface area contributed by atoms with Crippen LogP contribution >= 0.6 is 12.4 Å². The summed E-state index contributed by atoms with van der Waals surface area (Å²) in [5, 5.41) is 0. The Bertz CT molecular complexity index is 302. The molecule has 0 radical (unpaired) electrons. The third-order valence-corrected chi connectivity index (χ3v) is 1.58. The fourth-order valence-electron chi connectivity index (χ4n) is 0.899. The lowest BCUT2D eigenvalue weighted by atomic mass is 10.1. The maximum atomic E-state index is 12.9.